The molecule has 4 heteroatoms. The topological polar surface area (TPSA) is 49.4 Å². The lowest BCUT2D eigenvalue weighted by molar-refractivity contribution is -0.141. The maximum Gasteiger partial charge on any atom is 0.242 e. The van der Waals surface area contributed by atoms with Crippen LogP contribution in [-0.4, -0.2) is 29.8 Å². The van der Waals surface area contributed by atoms with Crippen molar-refractivity contribution in [1.29, 1.82) is 0 Å². The van der Waals surface area contributed by atoms with E-state index in [1.165, 1.54) is 0 Å². The van der Waals surface area contributed by atoms with Gasteiger partial charge >= 0.3 is 0 Å². The summed E-state index contributed by atoms with van der Waals surface area (Å²) in [6, 6.07) is 17.4. The Labute approximate surface area is 156 Å². The van der Waals surface area contributed by atoms with E-state index >= 15 is 0 Å². The number of amides is 2. The van der Waals surface area contributed by atoms with Crippen molar-refractivity contribution in [3.05, 3.63) is 71.3 Å². The Morgan fingerprint density at radius 2 is 1.73 bits per heavy atom. The lowest BCUT2D eigenvalue weighted by atomic mass is 10.0. The molecule has 2 amide bonds. The lowest BCUT2D eigenvalue weighted by Gasteiger charge is -2.31. The lowest BCUT2D eigenvalue weighted by Crippen LogP contribution is -2.49. The Morgan fingerprint density at radius 3 is 2.35 bits per heavy atom. The summed E-state index contributed by atoms with van der Waals surface area (Å²) in [4.78, 5) is 27.2. The van der Waals surface area contributed by atoms with Gasteiger partial charge in [0, 0.05) is 26.4 Å². The van der Waals surface area contributed by atoms with Gasteiger partial charge in [0.2, 0.25) is 11.8 Å². The minimum Gasteiger partial charge on any atom is -0.357 e. The molecule has 0 spiro atoms. The van der Waals surface area contributed by atoms with E-state index in [0.717, 1.165) is 23.1 Å². The first kappa shape index (κ1) is 19.7. The number of hydrogen-bond donors (Lipinski definition) is 1. The third-order valence-electron chi connectivity index (χ3n) is 4.42. The van der Waals surface area contributed by atoms with Crippen molar-refractivity contribution in [1.82, 2.24) is 10.2 Å². The summed E-state index contributed by atoms with van der Waals surface area (Å²) < 4.78 is 0. The quantitative estimate of drug-likeness (QED) is 0.791. The fraction of sp³-hybridized carbons (Fsp3) is 0.364. The molecular weight excluding hydrogens is 324 g/mol. The highest BCUT2D eigenvalue weighted by Gasteiger charge is 2.29. The van der Waals surface area contributed by atoms with Gasteiger partial charge < -0.3 is 10.2 Å². The number of nitrogens with zero attached hydrogens (tertiary/aromatic N) is 1. The standard InChI is InChI=1S/C22H28N2O2/c1-4-9-21(25)24(16-19-13-8-10-17(2)14-19)20(22(26)23-3)15-18-11-6-5-7-12-18/h5-8,10-14,20H,4,9,15-16H2,1-3H3,(H,23,26). The van der Waals surface area contributed by atoms with Gasteiger partial charge in [-0.3, -0.25) is 9.59 Å². The van der Waals surface area contributed by atoms with Crippen molar-refractivity contribution in [2.45, 2.75) is 45.7 Å². The molecule has 0 saturated heterocycles. The summed E-state index contributed by atoms with van der Waals surface area (Å²) in [5.41, 5.74) is 3.22. The second kappa shape index (κ2) is 9.76. The zero-order valence-electron chi connectivity index (χ0n) is 15.9. The summed E-state index contributed by atoms with van der Waals surface area (Å²) >= 11 is 0. The molecule has 0 heterocycles. The Kier molecular flexibility index (Phi) is 7.39. The van der Waals surface area contributed by atoms with Crippen molar-refractivity contribution < 1.29 is 9.59 Å². The van der Waals surface area contributed by atoms with Crippen LogP contribution in [-0.2, 0) is 22.6 Å². The van der Waals surface area contributed by atoms with Crippen molar-refractivity contribution in [3.8, 4) is 0 Å². The molecule has 1 atom stereocenters. The Balaban J connectivity index is 2.33. The summed E-state index contributed by atoms with van der Waals surface area (Å²) in [7, 11) is 1.62. The number of likely N-dealkylation sites (N-methyl/N-ethyl adjacent to an activating group) is 1. The van der Waals surface area contributed by atoms with Crippen LogP contribution in [0.1, 0.15) is 36.5 Å². The number of benzene rings is 2. The number of carbonyl (C=O) groups excluding carboxylic acids is 2. The third-order valence-corrected chi connectivity index (χ3v) is 4.42. The van der Waals surface area contributed by atoms with E-state index in [4.69, 9.17) is 0 Å². The van der Waals surface area contributed by atoms with Gasteiger partial charge in [0.15, 0.2) is 0 Å². The van der Waals surface area contributed by atoms with Crippen LogP contribution in [0.5, 0.6) is 0 Å². The first-order chi connectivity index (χ1) is 12.5. The molecular formula is C22H28N2O2. The molecule has 26 heavy (non-hydrogen) atoms. The van der Waals surface area contributed by atoms with Crippen LogP contribution < -0.4 is 5.32 Å². The van der Waals surface area contributed by atoms with Crippen LogP contribution in [0.3, 0.4) is 0 Å². The van der Waals surface area contributed by atoms with E-state index in [9.17, 15) is 9.59 Å². The van der Waals surface area contributed by atoms with Crippen LogP contribution in [0.15, 0.2) is 54.6 Å². The first-order valence-corrected chi connectivity index (χ1v) is 9.15. The maximum atomic E-state index is 12.8. The van der Waals surface area contributed by atoms with Crippen molar-refractivity contribution in [2.75, 3.05) is 7.05 Å². The largest absolute Gasteiger partial charge is 0.357 e. The highest BCUT2D eigenvalue weighted by molar-refractivity contribution is 5.87. The number of carbonyl (C=O) groups is 2. The van der Waals surface area contributed by atoms with E-state index in [1.54, 1.807) is 11.9 Å². The second-order valence-corrected chi connectivity index (χ2v) is 6.58. The van der Waals surface area contributed by atoms with Gasteiger partial charge in [-0.15, -0.1) is 0 Å². The average molecular weight is 352 g/mol. The van der Waals surface area contributed by atoms with Gasteiger partial charge in [-0.25, -0.2) is 0 Å². The zero-order chi connectivity index (χ0) is 18.9. The monoisotopic (exact) mass is 352 g/mol. The van der Waals surface area contributed by atoms with Crippen molar-refractivity contribution >= 4 is 11.8 Å². The molecule has 0 radical (unpaired) electrons. The minimum absolute atomic E-state index is 0.0125. The SMILES string of the molecule is CCCC(=O)N(Cc1cccc(C)c1)C(Cc1ccccc1)C(=O)NC. The van der Waals surface area contributed by atoms with E-state index in [-0.39, 0.29) is 11.8 Å². The van der Waals surface area contributed by atoms with E-state index < -0.39 is 6.04 Å². The summed E-state index contributed by atoms with van der Waals surface area (Å²) in [5.74, 6) is -0.121. The van der Waals surface area contributed by atoms with Gasteiger partial charge in [-0.05, 0) is 24.5 Å². The van der Waals surface area contributed by atoms with Crippen LogP contribution in [0.4, 0.5) is 0 Å². The molecule has 0 aromatic heterocycles. The molecule has 2 aromatic rings. The molecule has 0 fully saturated rings. The smallest absolute Gasteiger partial charge is 0.242 e. The van der Waals surface area contributed by atoms with Crippen LogP contribution in [0, 0.1) is 6.92 Å². The predicted octanol–water partition coefficient (Wildman–Crippen LogP) is 3.48. The van der Waals surface area contributed by atoms with Gasteiger partial charge in [0.05, 0.1) is 0 Å². The minimum atomic E-state index is -0.526. The molecule has 0 bridgehead atoms. The Morgan fingerprint density at radius 1 is 1.04 bits per heavy atom. The van der Waals surface area contributed by atoms with E-state index in [1.807, 2.05) is 62.4 Å². The molecule has 1 unspecified atom stereocenters. The summed E-state index contributed by atoms with van der Waals surface area (Å²) in [6.07, 6.45) is 1.70. The van der Waals surface area contributed by atoms with Gasteiger partial charge in [-0.1, -0.05) is 67.1 Å². The molecule has 138 valence electrons. The fourth-order valence-corrected chi connectivity index (χ4v) is 3.09. The Hall–Kier alpha value is -2.62. The van der Waals surface area contributed by atoms with Gasteiger partial charge in [0.25, 0.3) is 0 Å². The van der Waals surface area contributed by atoms with Crippen molar-refractivity contribution in [3.63, 3.8) is 0 Å². The third kappa shape index (κ3) is 5.45. The molecule has 2 aromatic carbocycles. The van der Waals surface area contributed by atoms with E-state index in [2.05, 4.69) is 11.4 Å². The highest BCUT2D eigenvalue weighted by Crippen LogP contribution is 2.16. The van der Waals surface area contributed by atoms with Crippen molar-refractivity contribution in [2.24, 2.45) is 0 Å². The molecule has 2 rings (SSSR count). The summed E-state index contributed by atoms with van der Waals surface area (Å²) in [5, 5.41) is 2.73. The first-order valence-electron chi connectivity index (χ1n) is 9.15. The van der Waals surface area contributed by atoms with Crippen LogP contribution in [0.2, 0.25) is 0 Å². The number of rotatable bonds is 8. The zero-order valence-corrected chi connectivity index (χ0v) is 15.9. The van der Waals surface area contributed by atoms with Crippen LogP contribution in [0.25, 0.3) is 0 Å². The fourth-order valence-electron chi connectivity index (χ4n) is 3.09. The predicted molar refractivity (Wildman–Crippen MR) is 105 cm³/mol. The molecule has 0 aliphatic carbocycles. The van der Waals surface area contributed by atoms with Gasteiger partial charge in [-0.2, -0.15) is 0 Å². The summed E-state index contributed by atoms with van der Waals surface area (Å²) in [6.45, 7) is 4.45. The highest BCUT2D eigenvalue weighted by atomic mass is 16.2. The number of nitrogens with one attached hydrogen (secondary N) is 1. The molecule has 0 aliphatic rings. The van der Waals surface area contributed by atoms with E-state index in [0.29, 0.717) is 19.4 Å². The molecule has 1 N–H and O–H groups in total. The van der Waals surface area contributed by atoms with Gasteiger partial charge in [0.1, 0.15) is 6.04 Å². The number of aryl methyl sites for hydroxylation is 1. The second-order valence-electron chi connectivity index (χ2n) is 6.58. The van der Waals surface area contributed by atoms with Crippen LogP contribution >= 0.6 is 0 Å². The molecule has 4 nitrogen and oxygen atoms in total. The average Bonchev–Trinajstić information content (AvgIpc) is 2.65. The molecule has 0 aliphatic heterocycles. The number of hydrogen-bond acceptors (Lipinski definition) is 2. The molecule has 0 saturated carbocycles. The Bertz CT molecular complexity index is 728. The normalized spacial score (nSPS) is 11.7. The maximum absolute atomic E-state index is 12.8.